The van der Waals surface area contributed by atoms with Crippen LogP contribution in [0.2, 0.25) is 0 Å². The van der Waals surface area contributed by atoms with Crippen LogP contribution in [0.15, 0.2) is 18.2 Å². The summed E-state index contributed by atoms with van der Waals surface area (Å²) < 4.78 is 0. The average molecular weight is 235 g/mol. The lowest BCUT2D eigenvalue weighted by molar-refractivity contribution is -0.385. The van der Waals surface area contributed by atoms with Crippen molar-refractivity contribution in [3.63, 3.8) is 0 Å². The van der Waals surface area contributed by atoms with E-state index in [1.165, 1.54) is 6.07 Å². The normalized spacial score (nSPS) is 12.1. The molecular weight excluding hydrogens is 225 g/mol. The van der Waals surface area contributed by atoms with Gasteiger partial charge in [0.05, 0.1) is 4.92 Å². The number of carboxylic acid groups (broad SMARTS) is 1. The zero-order valence-corrected chi connectivity index (χ0v) is 8.16. The standard InChI is InChI=1S/C9H10N2O5/c10-6(9(13)14)3-5-1-2-8(12)7(4-5)11(15)16/h1-2,4,6,12H,3,10H2,(H,13,14)/t6-/m0/s1/i1+1,2+1,3+1,4+1,5+1,6+1,7+1,8+1,9+1. The van der Waals surface area contributed by atoms with Crippen molar-refractivity contribution in [1.82, 2.24) is 0 Å². The summed E-state index contributed by atoms with van der Waals surface area (Å²) in [5, 5.41) is 28.2. The second-order valence-electron chi connectivity index (χ2n) is 3.23. The molecule has 1 atom stereocenters. The van der Waals surface area contributed by atoms with Crippen molar-refractivity contribution in [1.29, 1.82) is 0 Å². The summed E-state index contributed by atoms with van der Waals surface area (Å²) in [5.74, 6) is -1.65. The number of hydrogen-bond donors (Lipinski definition) is 3. The van der Waals surface area contributed by atoms with E-state index in [4.69, 9.17) is 15.9 Å². The third-order valence-electron chi connectivity index (χ3n) is 2.01. The monoisotopic (exact) mass is 235 g/mol. The number of aliphatic carboxylic acids is 1. The largest absolute Gasteiger partial charge is 0.502 e. The van der Waals surface area contributed by atoms with E-state index in [-0.39, 0.29) is 6.42 Å². The van der Waals surface area contributed by atoms with Crippen molar-refractivity contribution in [3.05, 3.63) is 33.9 Å². The van der Waals surface area contributed by atoms with Gasteiger partial charge < -0.3 is 15.9 Å². The maximum Gasteiger partial charge on any atom is 0.320 e. The van der Waals surface area contributed by atoms with Crippen LogP contribution in [-0.4, -0.2) is 27.1 Å². The van der Waals surface area contributed by atoms with Gasteiger partial charge in [-0.05, 0) is 18.1 Å². The molecule has 0 aliphatic heterocycles. The number of rotatable bonds is 4. The van der Waals surface area contributed by atoms with Gasteiger partial charge in [0.2, 0.25) is 0 Å². The third kappa shape index (κ3) is 2.67. The Kier molecular flexibility index (Phi) is 3.41. The van der Waals surface area contributed by atoms with Crippen LogP contribution in [-0.2, 0) is 11.2 Å². The molecule has 1 aromatic rings. The predicted octanol–water partition coefficient (Wildman–Crippen LogP) is 0.255. The Labute approximate surface area is 90.3 Å². The number of hydrogen-bond acceptors (Lipinski definition) is 5. The summed E-state index contributed by atoms with van der Waals surface area (Å²) in [6, 6.07) is 2.52. The lowest BCUT2D eigenvalue weighted by atomic mass is 11.0. The molecule has 0 saturated heterocycles. The summed E-state index contributed by atoms with van der Waals surface area (Å²) in [7, 11) is 0. The smallest absolute Gasteiger partial charge is 0.320 e. The number of carboxylic acids is 1. The van der Waals surface area contributed by atoms with Gasteiger partial charge in [0.25, 0.3) is 0 Å². The number of phenolic OH excluding ortho intramolecular Hbond substituents is 1. The third-order valence-corrected chi connectivity index (χ3v) is 2.01. The van der Waals surface area contributed by atoms with Crippen molar-refractivity contribution in [3.8, 4) is 5.75 Å². The molecule has 16 heavy (non-hydrogen) atoms. The van der Waals surface area contributed by atoms with Crippen molar-refractivity contribution < 1.29 is 19.9 Å². The van der Waals surface area contributed by atoms with Crippen molar-refractivity contribution in [2.24, 2.45) is 5.73 Å². The van der Waals surface area contributed by atoms with Crippen molar-refractivity contribution >= 4 is 11.7 Å². The molecule has 1 aromatic carbocycles. The summed E-state index contributed by atoms with van der Waals surface area (Å²) in [6.07, 6.45) is -0.0313. The lowest BCUT2D eigenvalue weighted by Gasteiger charge is -2.06. The highest BCUT2D eigenvalue weighted by molar-refractivity contribution is 5.73. The predicted molar refractivity (Wildman–Crippen MR) is 54.1 cm³/mol. The van der Waals surface area contributed by atoms with E-state index in [1.807, 2.05) is 0 Å². The molecule has 0 fully saturated rings. The second kappa shape index (κ2) is 4.58. The number of nitrogens with zero attached hydrogens (tertiary/aromatic N) is 1. The Morgan fingerprint density at radius 2 is 2.19 bits per heavy atom. The molecule has 1 rings (SSSR count). The first kappa shape index (κ1) is 11.9. The quantitative estimate of drug-likeness (QED) is 0.390. The molecular formula is C9H10N2O5. The van der Waals surface area contributed by atoms with Crippen LogP contribution in [0.3, 0.4) is 0 Å². The first-order chi connectivity index (χ1) is 7.41. The van der Waals surface area contributed by atoms with E-state index in [9.17, 15) is 14.9 Å². The molecule has 0 bridgehead atoms. The summed E-state index contributed by atoms with van der Waals surface area (Å²) in [5.41, 5.74) is 5.21. The molecule has 0 amide bonds. The molecule has 86 valence electrons. The van der Waals surface area contributed by atoms with Gasteiger partial charge in [-0.1, -0.05) is 6.07 Å². The fraction of sp³-hybridized carbons (Fsp3) is 0.222. The van der Waals surface area contributed by atoms with Crippen LogP contribution in [0.25, 0.3) is 0 Å². The fourth-order valence-corrected chi connectivity index (χ4v) is 1.18. The summed E-state index contributed by atoms with van der Waals surface area (Å²) in [4.78, 5) is 20.2. The maximum absolute atomic E-state index is 10.5. The van der Waals surface area contributed by atoms with Crippen LogP contribution >= 0.6 is 0 Å². The van der Waals surface area contributed by atoms with Gasteiger partial charge in [-0.2, -0.15) is 0 Å². The molecule has 0 spiro atoms. The van der Waals surface area contributed by atoms with Crippen LogP contribution in [0.5, 0.6) is 5.75 Å². The van der Waals surface area contributed by atoms with E-state index in [2.05, 4.69) is 0 Å². The van der Waals surface area contributed by atoms with E-state index in [1.54, 1.807) is 0 Å². The number of nitro benzene ring substituents is 1. The molecule has 7 heteroatoms. The molecule has 0 radical (unpaired) electrons. The van der Waals surface area contributed by atoms with Crippen LogP contribution < -0.4 is 5.73 Å². The first-order valence-electron chi connectivity index (χ1n) is 4.36. The van der Waals surface area contributed by atoms with Gasteiger partial charge in [-0.3, -0.25) is 14.9 Å². The zero-order valence-electron chi connectivity index (χ0n) is 8.16. The molecule has 0 aliphatic rings. The van der Waals surface area contributed by atoms with Crippen LogP contribution in [0.4, 0.5) is 5.69 Å². The van der Waals surface area contributed by atoms with Gasteiger partial charge in [0, 0.05) is 6.07 Å². The maximum atomic E-state index is 10.5. The molecule has 7 nitrogen and oxygen atoms in total. The van der Waals surface area contributed by atoms with E-state index in [0.717, 1.165) is 12.1 Å². The Morgan fingerprint density at radius 3 is 2.69 bits per heavy atom. The lowest BCUT2D eigenvalue weighted by Crippen LogP contribution is -2.32. The number of benzene rings is 1. The molecule has 0 unspecified atom stereocenters. The summed E-state index contributed by atoms with van der Waals surface area (Å²) in [6.45, 7) is 0. The number of carbonyl (C=O) groups is 1. The number of phenols is 1. The second-order valence-corrected chi connectivity index (χ2v) is 3.23. The van der Waals surface area contributed by atoms with E-state index in [0.29, 0.717) is 5.56 Å². The zero-order chi connectivity index (χ0) is 12.3. The molecule has 0 heterocycles. The first-order valence-corrected chi connectivity index (χ1v) is 4.36. The fourth-order valence-electron chi connectivity index (χ4n) is 1.18. The van der Waals surface area contributed by atoms with E-state index < -0.39 is 28.4 Å². The topological polar surface area (TPSA) is 127 Å². The van der Waals surface area contributed by atoms with Gasteiger partial charge in [0.1, 0.15) is 6.04 Å². The minimum Gasteiger partial charge on any atom is -0.502 e. The van der Waals surface area contributed by atoms with Gasteiger partial charge in [-0.25, -0.2) is 0 Å². The summed E-state index contributed by atoms with van der Waals surface area (Å²) >= 11 is 0. The average Bonchev–Trinajstić information content (AvgIpc) is 2.20. The highest BCUT2D eigenvalue weighted by atomic mass is 16.6. The Bertz CT molecular complexity index is 432. The SMILES string of the molecule is N[13C@@H]([13CH2][13c]1[13cH][13cH][13c](O)[13c]([N+](=O)[O-])[13cH]1)[13C](=O)O. The Balaban J connectivity index is 2.95. The molecule has 0 aromatic heterocycles. The van der Waals surface area contributed by atoms with Crippen molar-refractivity contribution in [2.75, 3.05) is 0 Å². The van der Waals surface area contributed by atoms with Crippen molar-refractivity contribution in [2.45, 2.75) is 12.5 Å². The van der Waals surface area contributed by atoms with Gasteiger partial charge >= 0.3 is 11.7 Å². The van der Waals surface area contributed by atoms with Gasteiger partial charge in [-0.15, -0.1) is 0 Å². The van der Waals surface area contributed by atoms with E-state index >= 15 is 0 Å². The highest BCUT2D eigenvalue weighted by Crippen LogP contribution is 2.26. The van der Waals surface area contributed by atoms with Crippen LogP contribution in [0, 0.1) is 10.1 Å². The van der Waals surface area contributed by atoms with Crippen LogP contribution in [0.1, 0.15) is 5.56 Å². The number of aromatic hydroxyl groups is 1. The minimum atomic E-state index is -1.18. The minimum absolute atomic E-state index is 0.0313. The Morgan fingerprint density at radius 1 is 1.56 bits per heavy atom. The van der Waals surface area contributed by atoms with Gasteiger partial charge in [0.15, 0.2) is 5.75 Å². The number of nitrogens with two attached hydrogens (primary N) is 1. The molecule has 4 N–H and O–H groups in total. The Hall–Kier alpha value is -2.15. The molecule has 0 saturated carbocycles. The number of nitro groups is 1. The molecule has 0 aliphatic carbocycles. The highest BCUT2D eigenvalue weighted by Gasteiger charge is 2.17.